The summed E-state index contributed by atoms with van der Waals surface area (Å²) in [5.74, 6) is 0. The number of aryl methyl sites for hydroxylation is 3. The van der Waals surface area contributed by atoms with E-state index in [1.165, 1.54) is 7.11 Å². The molecule has 2 bridgehead atoms. The summed E-state index contributed by atoms with van der Waals surface area (Å²) < 4.78 is 12.4. The van der Waals surface area contributed by atoms with Crippen molar-refractivity contribution >= 4 is 39.1 Å². The van der Waals surface area contributed by atoms with E-state index in [0.29, 0.717) is 18.5 Å². The van der Waals surface area contributed by atoms with Crippen LogP contribution in [0.4, 0.5) is 4.79 Å². The fourth-order valence-corrected chi connectivity index (χ4v) is 7.45. The number of methoxy groups -OCH3 is 1. The number of ether oxygens (including phenoxy) is 1. The molecule has 1 aromatic carbocycles. The molecule has 2 unspecified atom stereocenters. The minimum atomic E-state index is -0.280. The molecule has 42 heavy (non-hydrogen) atoms. The van der Waals surface area contributed by atoms with Crippen molar-refractivity contribution in [1.29, 1.82) is 0 Å². The molecule has 1 N–H and O–H groups in total. The summed E-state index contributed by atoms with van der Waals surface area (Å²) in [7, 11) is 7.07. The molecule has 2 aliphatic heterocycles. The molecule has 0 saturated carbocycles. The van der Waals surface area contributed by atoms with Crippen molar-refractivity contribution in [2.24, 2.45) is 21.1 Å². The van der Waals surface area contributed by atoms with E-state index in [0.717, 1.165) is 62.5 Å². The molecule has 2 fully saturated rings. The molecule has 12 nitrogen and oxygen atoms in total. The quantitative estimate of drug-likeness (QED) is 0.345. The normalized spacial score (nSPS) is 20.4. The number of piperidine rings is 1. The van der Waals surface area contributed by atoms with Crippen molar-refractivity contribution in [3.05, 3.63) is 53.5 Å². The fourth-order valence-electron chi connectivity index (χ4n) is 7.45. The van der Waals surface area contributed by atoms with Gasteiger partial charge in [-0.2, -0.15) is 10.2 Å². The molecule has 0 aliphatic carbocycles. The number of pyridine rings is 1. The average Bonchev–Trinajstić information content (AvgIpc) is 3.79. The first-order valence-corrected chi connectivity index (χ1v) is 14.2. The number of benzene rings is 1. The van der Waals surface area contributed by atoms with Crippen molar-refractivity contribution in [2.45, 2.75) is 43.8 Å². The predicted octanol–water partition coefficient (Wildman–Crippen LogP) is 4.10. The van der Waals surface area contributed by atoms with Crippen LogP contribution in [0.1, 0.15) is 31.7 Å². The van der Waals surface area contributed by atoms with Crippen LogP contribution in [-0.4, -0.2) is 68.8 Å². The molecule has 8 rings (SSSR count). The van der Waals surface area contributed by atoms with E-state index in [1.54, 1.807) is 15.4 Å². The van der Waals surface area contributed by atoms with Crippen molar-refractivity contribution in [3.8, 4) is 22.4 Å². The smallest absolute Gasteiger partial charge is 0.409 e. The number of imidazole rings is 1. The molecule has 7 heterocycles. The van der Waals surface area contributed by atoms with E-state index < -0.39 is 0 Å². The number of H-pyrrole nitrogens is 1. The first-order chi connectivity index (χ1) is 20.3. The van der Waals surface area contributed by atoms with Gasteiger partial charge in [0.2, 0.25) is 0 Å². The maximum atomic E-state index is 14.0. The average molecular weight is 566 g/mol. The van der Waals surface area contributed by atoms with Gasteiger partial charge in [-0.15, -0.1) is 0 Å². The summed E-state index contributed by atoms with van der Waals surface area (Å²) in [5.41, 5.74) is 7.09. The summed E-state index contributed by atoms with van der Waals surface area (Å²) in [4.78, 5) is 36.9. The summed E-state index contributed by atoms with van der Waals surface area (Å²) in [6.07, 6.45) is 10.4. The number of aromatic amines is 1. The Morgan fingerprint density at radius 1 is 0.976 bits per heavy atom. The molecule has 2 aliphatic rings. The topological polar surface area (TPSA) is 121 Å². The summed E-state index contributed by atoms with van der Waals surface area (Å²) >= 11 is 0. The number of nitrogens with one attached hydrogen (secondary N) is 1. The summed E-state index contributed by atoms with van der Waals surface area (Å²) in [6, 6.07) is 6.36. The van der Waals surface area contributed by atoms with Crippen LogP contribution in [0.5, 0.6) is 0 Å². The second kappa shape index (κ2) is 8.81. The predicted molar refractivity (Wildman–Crippen MR) is 158 cm³/mol. The third-order valence-electron chi connectivity index (χ3n) is 9.36. The maximum absolute atomic E-state index is 14.0. The van der Waals surface area contributed by atoms with E-state index in [2.05, 4.69) is 33.4 Å². The lowest BCUT2D eigenvalue weighted by atomic mass is 9.96. The third-order valence-corrected chi connectivity index (χ3v) is 9.36. The Labute approximate surface area is 240 Å². The highest BCUT2D eigenvalue weighted by Crippen LogP contribution is 2.45. The lowest BCUT2D eigenvalue weighted by Gasteiger charge is -2.38. The SMILES string of the molecule is COC(=O)N1C2CC[C@H]1CC(n1c(=O)n(C)c3cnc4[nH]c(-c5cnn(C)c5)c(-c5ccc6c(cnn6C)c5)c4c31)C2. The molecule has 3 atom stereocenters. The number of nitrogens with zero attached hydrogens (tertiary/aromatic N) is 8. The summed E-state index contributed by atoms with van der Waals surface area (Å²) in [5, 5.41) is 10.8. The van der Waals surface area contributed by atoms with Gasteiger partial charge in [-0.25, -0.2) is 14.6 Å². The highest BCUT2D eigenvalue weighted by Gasteiger charge is 2.45. The minimum absolute atomic E-state index is 0.0466. The Bertz CT molecular complexity index is 2090. The Morgan fingerprint density at radius 3 is 2.48 bits per heavy atom. The van der Waals surface area contributed by atoms with Crippen LogP contribution in [0.2, 0.25) is 0 Å². The Hall–Kier alpha value is -4.87. The van der Waals surface area contributed by atoms with Gasteiger partial charge in [-0.3, -0.25) is 18.5 Å². The van der Waals surface area contributed by atoms with Crippen LogP contribution in [0, 0.1) is 0 Å². The van der Waals surface area contributed by atoms with E-state index in [9.17, 15) is 9.59 Å². The van der Waals surface area contributed by atoms with Crippen LogP contribution in [-0.2, 0) is 25.9 Å². The summed E-state index contributed by atoms with van der Waals surface area (Å²) in [6.45, 7) is 0. The number of amides is 1. The van der Waals surface area contributed by atoms with Gasteiger partial charge in [0, 0.05) is 62.0 Å². The number of aromatic nitrogens is 8. The Kier molecular flexibility index (Phi) is 5.22. The Morgan fingerprint density at radius 2 is 1.76 bits per heavy atom. The van der Waals surface area contributed by atoms with Gasteiger partial charge in [0.15, 0.2) is 0 Å². The molecule has 0 radical (unpaired) electrons. The molecule has 2 saturated heterocycles. The number of fused-ring (bicyclic) bond motifs is 6. The van der Waals surface area contributed by atoms with Crippen LogP contribution in [0.3, 0.4) is 0 Å². The lowest BCUT2D eigenvalue weighted by molar-refractivity contribution is 0.0728. The zero-order chi connectivity index (χ0) is 28.9. The lowest BCUT2D eigenvalue weighted by Crippen LogP contribution is -2.47. The van der Waals surface area contributed by atoms with Crippen LogP contribution < -0.4 is 5.69 Å². The van der Waals surface area contributed by atoms with E-state index >= 15 is 0 Å². The molecular weight excluding hydrogens is 534 g/mol. The molecule has 6 aromatic rings. The van der Waals surface area contributed by atoms with Crippen LogP contribution in [0.15, 0.2) is 47.8 Å². The van der Waals surface area contributed by atoms with E-state index in [-0.39, 0.29) is 29.9 Å². The van der Waals surface area contributed by atoms with Gasteiger partial charge < -0.3 is 14.6 Å². The molecule has 5 aromatic heterocycles. The van der Waals surface area contributed by atoms with Gasteiger partial charge in [0.25, 0.3) is 0 Å². The van der Waals surface area contributed by atoms with Crippen molar-refractivity contribution in [1.82, 2.24) is 43.6 Å². The third kappa shape index (κ3) is 3.37. The van der Waals surface area contributed by atoms with Gasteiger partial charge in [0.1, 0.15) is 5.65 Å². The van der Waals surface area contributed by atoms with Gasteiger partial charge in [-0.1, -0.05) is 6.07 Å². The van der Waals surface area contributed by atoms with Crippen molar-refractivity contribution < 1.29 is 9.53 Å². The highest BCUT2D eigenvalue weighted by molar-refractivity contribution is 6.14. The first-order valence-electron chi connectivity index (χ1n) is 14.2. The van der Waals surface area contributed by atoms with Crippen molar-refractivity contribution in [2.75, 3.05) is 7.11 Å². The molecule has 0 spiro atoms. The number of carbonyl (C=O) groups excluding carboxylic acids is 1. The molecular formula is C30H31N9O3. The number of carbonyl (C=O) groups is 1. The monoisotopic (exact) mass is 565 g/mol. The number of hydrogen-bond acceptors (Lipinski definition) is 6. The highest BCUT2D eigenvalue weighted by atomic mass is 16.5. The van der Waals surface area contributed by atoms with Gasteiger partial charge >= 0.3 is 11.8 Å². The van der Waals surface area contributed by atoms with Crippen LogP contribution in [0.25, 0.3) is 55.4 Å². The molecule has 1 amide bonds. The van der Waals surface area contributed by atoms with Gasteiger partial charge in [-0.05, 0) is 43.4 Å². The number of rotatable bonds is 3. The van der Waals surface area contributed by atoms with E-state index in [4.69, 9.17) is 9.72 Å². The molecule has 214 valence electrons. The zero-order valence-corrected chi connectivity index (χ0v) is 23.9. The second-order valence-corrected chi connectivity index (χ2v) is 11.6. The standard InChI is InChI=1S/C30H31N9O3/c1-35-15-18(13-32-35)26-24(16-5-8-22-17(9-16)12-33-37(22)3)25-27-23(14-31-28(25)34-26)36(2)29(40)39(27)21-10-19-6-7-20(11-21)38(19)30(41)42-4/h5,8-9,12-15,19-21H,6-7,10-11H2,1-4H3,(H,31,34)/t19-,20?,21?/m0/s1. The molecule has 12 heteroatoms. The van der Waals surface area contributed by atoms with Gasteiger partial charge in [0.05, 0.1) is 53.3 Å². The second-order valence-electron chi connectivity index (χ2n) is 11.6. The van der Waals surface area contributed by atoms with Crippen molar-refractivity contribution in [3.63, 3.8) is 0 Å². The minimum Gasteiger partial charge on any atom is -0.453 e. The Balaban J connectivity index is 1.41. The zero-order valence-electron chi connectivity index (χ0n) is 23.9. The first kappa shape index (κ1) is 24.9. The van der Waals surface area contributed by atoms with E-state index in [1.807, 2.05) is 53.9 Å². The van der Waals surface area contributed by atoms with Crippen LogP contribution >= 0.6 is 0 Å². The maximum Gasteiger partial charge on any atom is 0.409 e. The fraction of sp³-hybridized carbons (Fsp3) is 0.367. The number of hydrogen-bond donors (Lipinski definition) is 1. The largest absolute Gasteiger partial charge is 0.453 e.